The first-order chi connectivity index (χ1) is 17.4. The lowest BCUT2D eigenvalue weighted by Crippen LogP contribution is -2.31. The molecule has 0 aromatic carbocycles. The summed E-state index contributed by atoms with van der Waals surface area (Å²) < 4.78 is 201. The second-order valence-corrected chi connectivity index (χ2v) is 10.9. The summed E-state index contributed by atoms with van der Waals surface area (Å²) in [6, 6.07) is 0. The van der Waals surface area contributed by atoms with E-state index in [4.69, 9.17) is 0 Å². The predicted octanol–water partition coefficient (Wildman–Crippen LogP) is 4.06. The summed E-state index contributed by atoms with van der Waals surface area (Å²) in [5, 5.41) is -0.694. The SMILES string of the molecule is CCCn1cc[n+](C)c1C.C[n+]1cc(S(=O)(=O)C(F)(F)F)c(S(=O)(=O)C(F)(F)F)[nH]1.F[B-](F)(F)F.F[B-](F)(F)F. The first-order valence-electron chi connectivity index (χ1n) is 9.85. The minimum absolute atomic E-state index is 0.0848. The lowest BCUT2D eigenvalue weighted by molar-refractivity contribution is -0.729. The van der Waals surface area contributed by atoms with Gasteiger partial charge in [-0.15, -0.1) is 4.68 Å². The fourth-order valence-electron chi connectivity index (χ4n) is 2.18. The van der Waals surface area contributed by atoms with E-state index in [0.29, 0.717) is 4.68 Å². The lowest BCUT2D eigenvalue weighted by Gasteiger charge is -2.08. The van der Waals surface area contributed by atoms with Crippen LogP contribution < -0.4 is 9.25 Å². The number of halogens is 14. The second-order valence-electron chi connectivity index (χ2n) is 7.08. The summed E-state index contributed by atoms with van der Waals surface area (Å²) in [7, 11) is -21.7. The molecule has 8 nitrogen and oxygen atoms in total. The van der Waals surface area contributed by atoms with Gasteiger partial charge in [0.1, 0.15) is 12.4 Å². The molecule has 1 N–H and O–H groups in total. The van der Waals surface area contributed by atoms with Crippen LogP contribution in [0.3, 0.4) is 0 Å². The Hall–Kier alpha value is -2.53. The fraction of sp³-hybridized carbons (Fsp3) is 0.571. The molecule has 0 saturated heterocycles. The second kappa shape index (κ2) is 13.9. The van der Waals surface area contributed by atoms with Gasteiger partial charge in [0, 0.05) is 6.92 Å². The monoisotopic (exact) mass is 660 g/mol. The summed E-state index contributed by atoms with van der Waals surface area (Å²) >= 11 is 0. The van der Waals surface area contributed by atoms with Crippen molar-refractivity contribution in [3.05, 3.63) is 24.4 Å². The standard InChI is InChI=1S/C8H15N2.C6H4F6N2O4S2.2BF4/c1-4-5-10-7-6-9(3)8(10)2;1-14-2-3(19(15,16)5(7,8)9)4(13-14)20(17,18)6(10,11)12;2*2-1(3,4)5/h6-7H,4-5H2,1-3H3;2H,1H3;;/q+1;;2*-1/p+1. The Kier molecular flexibility index (Phi) is 13.8. The molecule has 0 aliphatic carbocycles. The van der Waals surface area contributed by atoms with Gasteiger partial charge in [0.05, 0.1) is 13.6 Å². The van der Waals surface area contributed by atoms with Crippen LogP contribution in [0.15, 0.2) is 28.5 Å². The average Bonchev–Trinajstić information content (AvgIpc) is 3.23. The van der Waals surface area contributed by atoms with Crippen LogP contribution in [0.4, 0.5) is 60.9 Å². The maximum absolute atomic E-state index is 12.3. The fourth-order valence-corrected chi connectivity index (χ4v) is 4.49. The zero-order chi connectivity index (χ0) is 32.7. The van der Waals surface area contributed by atoms with E-state index in [-0.39, 0.29) is 6.20 Å². The van der Waals surface area contributed by atoms with Gasteiger partial charge in [-0.1, -0.05) is 6.92 Å². The van der Waals surface area contributed by atoms with E-state index in [0.717, 1.165) is 13.6 Å². The van der Waals surface area contributed by atoms with E-state index >= 15 is 0 Å². The smallest absolute Gasteiger partial charge is 0.418 e. The van der Waals surface area contributed by atoms with Crippen LogP contribution in [0.2, 0.25) is 0 Å². The van der Waals surface area contributed by atoms with Crippen molar-refractivity contribution < 1.29 is 87.0 Å². The molecule has 0 aliphatic heterocycles. The molecule has 40 heavy (non-hydrogen) atoms. The first-order valence-corrected chi connectivity index (χ1v) is 12.8. The van der Waals surface area contributed by atoms with E-state index in [9.17, 15) is 77.7 Å². The van der Waals surface area contributed by atoms with Crippen molar-refractivity contribution >= 4 is 34.2 Å². The Morgan fingerprint density at radius 1 is 0.825 bits per heavy atom. The van der Waals surface area contributed by atoms with Gasteiger partial charge in [0.25, 0.3) is 25.5 Å². The predicted molar refractivity (Wildman–Crippen MR) is 109 cm³/mol. The van der Waals surface area contributed by atoms with Gasteiger partial charge in [0.15, 0.2) is 11.9 Å². The summed E-state index contributed by atoms with van der Waals surface area (Å²) in [6.07, 6.45) is 5.50. The molecule has 2 aromatic heterocycles. The van der Waals surface area contributed by atoms with Gasteiger partial charge in [-0.2, -0.15) is 31.4 Å². The average molecular weight is 660 g/mol. The first kappa shape index (κ1) is 39.6. The highest BCUT2D eigenvalue weighted by atomic mass is 32.2. The van der Waals surface area contributed by atoms with Crippen LogP contribution in [0.1, 0.15) is 19.2 Å². The highest BCUT2D eigenvalue weighted by Gasteiger charge is 2.57. The van der Waals surface area contributed by atoms with Gasteiger partial charge in [-0.25, -0.2) is 26.0 Å². The van der Waals surface area contributed by atoms with Crippen LogP contribution >= 0.6 is 0 Å². The Morgan fingerprint density at radius 3 is 1.48 bits per heavy atom. The van der Waals surface area contributed by atoms with Crippen molar-refractivity contribution in [3.8, 4) is 0 Å². The zero-order valence-corrected chi connectivity index (χ0v) is 22.0. The van der Waals surface area contributed by atoms with Gasteiger partial charge in [-0.05, 0) is 6.42 Å². The molecule has 0 aliphatic rings. The van der Waals surface area contributed by atoms with Gasteiger partial charge >= 0.3 is 25.5 Å². The van der Waals surface area contributed by atoms with Gasteiger partial charge in [-0.3, -0.25) is 0 Å². The Labute approximate surface area is 217 Å². The van der Waals surface area contributed by atoms with Crippen molar-refractivity contribution in [3.63, 3.8) is 0 Å². The van der Waals surface area contributed by atoms with E-state index in [1.807, 2.05) is 0 Å². The Balaban J connectivity index is 0. The van der Waals surface area contributed by atoms with E-state index in [1.165, 1.54) is 17.3 Å². The topological polar surface area (TPSA) is 96.8 Å². The molecule has 0 fully saturated rings. The van der Waals surface area contributed by atoms with Gasteiger partial charge < -0.3 is 34.5 Å². The number of sulfone groups is 2. The molecule has 0 atom stereocenters. The van der Waals surface area contributed by atoms with Crippen LogP contribution in [-0.2, 0) is 40.3 Å². The number of H-pyrrole nitrogens is 1. The Bertz CT molecular complexity index is 1210. The summed E-state index contributed by atoms with van der Waals surface area (Å²) in [5.74, 6) is 1.32. The molecule has 0 amide bonds. The third kappa shape index (κ3) is 13.7. The molecule has 236 valence electrons. The highest BCUT2D eigenvalue weighted by molar-refractivity contribution is 7.95. The van der Waals surface area contributed by atoms with E-state index in [2.05, 4.69) is 42.4 Å². The molecule has 2 rings (SSSR count). The third-order valence-electron chi connectivity index (χ3n) is 3.84. The number of rotatable bonds is 4. The van der Waals surface area contributed by atoms with E-state index in [1.54, 1.807) is 0 Å². The molecular formula is C14H20B2F14N4O4S2. The normalized spacial score (nSPS) is 12.8. The summed E-state index contributed by atoms with van der Waals surface area (Å²) in [5.41, 5.74) is -11.9. The zero-order valence-electron chi connectivity index (χ0n) is 20.4. The van der Waals surface area contributed by atoms with Crippen molar-refractivity contribution in [2.45, 2.75) is 47.8 Å². The Morgan fingerprint density at radius 2 is 1.20 bits per heavy atom. The minimum atomic E-state index is -6.29. The number of imidazole rings is 1. The number of alkyl halides is 6. The number of hydrogen-bond acceptors (Lipinski definition) is 4. The maximum atomic E-state index is 12.3. The van der Waals surface area contributed by atoms with Crippen LogP contribution in [0.5, 0.6) is 0 Å². The van der Waals surface area contributed by atoms with Crippen molar-refractivity contribution in [2.24, 2.45) is 14.1 Å². The molecule has 0 spiro atoms. The van der Waals surface area contributed by atoms with Crippen molar-refractivity contribution in [1.82, 2.24) is 9.67 Å². The summed E-state index contributed by atoms with van der Waals surface area (Å²) in [6.45, 7) is 5.46. The number of nitrogens with zero attached hydrogens (tertiary/aromatic N) is 3. The maximum Gasteiger partial charge on any atom is 0.673 e. The molecule has 2 aromatic rings. The molecule has 0 radical (unpaired) electrons. The van der Waals surface area contributed by atoms with Crippen molar-refractivity contribution in [1.29, 1.82) is 0 Å². The molecular weight excluding hydrogens is 640 g/mol. The number of aromatic amines is 1. The van der Waals surface area contributed by atoms with E-state index < -0.39 is 55.1 Å². The number of aryl methyl sites for hydroxylation is 3. The molecule has 2 heterocycles. The molecule has 0 saturated carbocycles. The minimum Gasteiger partial charge on any atom is -0.418 e. The number of hydrogen-bond donors (Lipinski definition) is 1. The number of aromatic nitrogens is 4. The molecule has 0 unspecified atom stereocenters. The lowest BCUT2D eigenvalue weighted by atomic mass is 10.3. The van der Waals surface area contributed by atoms with Crippen molar-refractivity contribution in [2.75, 3.05) is 0 Å². The van der Waals surface area contributed by atoms with Crippen LogP contribution in [0, 0.1) is 6.92 Å². The quantitative estimate of drug-likeness (QED) is 0.304. The molecule has 26 heteroatoms. The highest BCUT2D eigenvalue weighted by Crippen LogP contribution is 2.37. The molecule has 0 bridgehead atoms. The third-order valence-corrected chi connectivity index (χ3v) is 6.93. The van der Waals surface area contributed by atoms with Gasteiger partial charge in [0.2, 0.25) is 11.2 Å². The largest absolute Gasteiger partial charge is 0.673 e. The van der Waals surface area contributed by atoms with Crippen LogP contribution in [0.25, 0.3) is 0 Å². The van der Waals surface area contributed by atoms with Crippen LogP contribution in [-0.4, -0.2) is 52.0 Å². The number of nitrogens with one attached hydrogen (secondary N) is 1. The summed E-state index contributed by atoms with van der Waals surface area (Å²) in [4.78, 5) is -2.02.